The highest BCUT2D eigenvalue weighted by molar-refractivity contribution is 6.33. The van der Waals surface area contributed by atoms with Crippen LogP contribution in [0.2, 0.25) is 5.02 Å². The number of benzene rings is 1. The van der Waals surface area contributed by atoms with Crippen molar-refractivity contribution in [3.63, 3.8) is 0 Å². The molecular weight excluding hydrogens is 648 g/mol. The van der Waals surface area contributed by atoms with Gasteiger partial charge in [0.05, 0.1) is 51.3 Å². The number of ether oxygens (including phenoxy) is 3. The Morgan fingerprint density at radius 1 is 1.25 bits per heavy atom. The third kappa shape index (κ3) is 5.70. The molecule has 0 amide bonds. The molecule has 1 aliphatic carbocycles. The summed E-state index contributed by atoms with van der Waals surface area (Å²) in [4.78, 5) is 17.8. The Labute approximate surface area is 281 Å². The smallest absolute Gasteiger partial charge is 0.319 e. The lowest BCUT2D eigenvalue weighted by molar-refractivity contribution is -0.0528. The van der Waals surface area contributed by atoms with Crippen molar-refractivity contribution >= 4 is 39.2 Å². The highest BCUT2D eigenvalue weighted by Gasteiger charge is 2.50. The molecule has 2 aliphatic heterocycles. The number of nitrogens with one attached hydrogen (secondary N) is 1. The number of pyridine rings is 1. The van der Waals surface area contributed by atoms with E-state index in [1.165, 1.54) is 7.11 Å². The van der Waals surface area contributed by atoms with E-state index in [0.29, 0.717) is 40.0 Å². The molecule has 1 aromatic carbocycles. The lowest BCUT2D eigenvalue weighted by Gasteiger charge is -2.45. The van der Waals surface area contributed by atoms with Crippen LogP contribution < -0.4 is 14.4 Å². The highest BCUT2D eigenvalue weighted by atomic mass is 35.5. The molecular formula is C33H40ClF2N7O5. The normalized spacial score (nSPS) is 28.2. The zero-order valence-electron chi connectivity index (χ0n) is 27.4. The first-order valence-corrected chi connectivity index (χ1v) is 16.6. The molecule has 0 unspecified atom stereocenters. The van der Waals surface area contributed by atoms with Crippen LogP contribution in [0.5, 0.6) is 11.9 Å². The number of anilines is 1. The zero-order chi connectivity index (χ0) is 34.0. The van der Waals surface area contributed by atoms with Gasteiger partial charge in [0.15, 0.2) is 5.82 Å². The van der Waals surface area contributed by atoms with Crippen LogP contribution in [0, 0.1) is 18.2 Å². The number of aliphatic hydroxyl groups is 2. The van der Waals surface area contributed by atoms with Crippen molar-refractivity contribution in [1.82, 2.24) is 30.0 Å². The number of likely N-dealkylation sites (tertiary alicyclic amines) is 1. The van der Waals surface area contributed by atoms with E-state index in [1.807, 2.05) is 7.05 Å². The van der Waals surface area contributed by atoms with Crippen molar-refractivity contribution < 1.29 is 33.2 Å². The van der Waals surface area contributed by atoms with Crippen LogP contribution in [-0.4, -0.2) is 118 Å². The Bertz CT molecular complexity index is 1860. The van der Waals surface area contributed by atoms with E-state index in [4.69, 9.17) is 30.8 Å². The monoisotopic (exact) mass is 687 g/mol. The number of nitrogens with zero attached hydrogens (tertiary/aromatic N) is 6. The molecule has 5 heterocycles. The SMILES string of the molecule is COc1nc(-c2c(C)c(Cl)cc3[nH]ncc23)c(F)c2nc(OC[C@]34CCC[C@H]3N(C)C[C@@H](F)C4)nc(N3C[C@H](CO)OC[C@@](C)(O)C3)c12. The van der Waals surface area contributed by atoms with Gasteiger partial charge in [-0.05, 0) is 51.8 Å². The van der Waals surface area contributed by atoms with Crippen LogP contribution in [0.1, 0.15) is 38.2 Å². The number of aromatic nitrogens is 5. The predicted octanol–water partition coefficient (Wildman–Crippen LogP) is 4.22. The predicted molar refractivity (Wildman–Crippen MR) is 176 cm³/mol. The maximum atomic E-state index is 17.1. The van der Waals surface area contributed by atoms with Gasteiger partial charge in [0.2, 0.25) is 5.88 Å². The first-order chi connectivity index (χ1) is 22.9. The van der Waals surface area contributed by atoms with E-state index in [1.54, 1.807) is 31.0 Å². The first kappa shape index (κ1) is 33.1. The number of H-pyrrole nitrogens is 1. The van der Waals surface area contributed by atoms with E-state index >= 15 is 4.39 Å². The molecule has 258 valence electrons. The Kier molecular flexibility index (Phi) is 8.60. The van der Waals surface area contributed by atoms with Crippen LogP contribution in [0.15, 0.2) is 12.3 Å². The van der Waals surface area contributed by atoms with Crippen LogP contribution in [0.25, 0.3) is 33.1 Å². The van der Waals surface area contributed by atoms with Crippen molar-refractivity contribution in [3.8, 4) is 23.1 Å². The minimum atomic E-state index is -1.34. The number of hydrogen-bond donors (Lipinski definition) is 3. The minimum Gasteiger partial charge on any atom is -0.480 e. The van der Waals surface area contributed by atoms with Gasteiger partial charge in [-0.15, -0.1) is 0 Å². The van der Waals surface area contributed by atoms with Gasteiger partial charge in [-0.25, -0.2) is 13.8 Å². The zero-order valence-corrected chi connectivity index (χ0v) is 28.2. The maximum Gasteiger partial charge on any atom is 0.319 e. The summed E-state index contributed by atoms with van der Waals surface area (Å²) in [5.41, 5.74) is -0.354. The quantitative estimate of drug-likeness (QED) is 0.257. The van der Waals surface area contributed by atoms with Gasteiger partial charge in [-0.1, -0.05) is 18.0 Å². The second-order valence-electron chi connectivity index (χ2n) is 13.8. The van der Waals surface area contributed by atoms with Gasteiger partial charge < -0.3 is 29.3 Å². The summed E-state index contributed by atoms with van der Waals surface area (Å²) >= 11 is 6.58. The molecule has 48 heavy (non-hydrogen) atoms. The second kappa shape index (κ2) is 12.5. The van der Waals surface area contributed by atoms with E-state index in [2.05, 4.69) is 25.1 Å². The Morgan fingerprint density at radius 2 is 2.06 bits per heavy atom. The average Bonchev–Trinajstić information content (AvgIpc) is 3.66. The number of halogens is 3. The number of hydrogen-bond acceptors (Lipinski definition) is 11. The molecule has 0 bridgehead atoms. The number of rotatable bonds is 7. The lowest BCUT2D eigenvalue weighted by Crippen LogP contribution is -2.54. The second-order valence-corrected chi connectivity index (χ2v) is 14.2. The lowest BCUT2D eigenvalue weighted by atomic mass is 9.75. The van der Waals surface area contributed by atoms with Crippen molar-refractivity contribution in [2.45, 2.75) is 63.4 Å². The fourth-order valence-electron chi connectivity index (χ4n) is 7.99. The van der Waals surface area contributed by atoms with Crippen molar-refractivity contribution in [2.75, 3.05) is 58.5 Å². The Balaban J connectivity index is 1.42. The summed E-state index contributed by atoms with van der Waals surface area (Å²) < 4.78 is 50.0. The molecule has 15 heteroatoms. The minimum absolute atomic E-state index is 0.0327. The third-order valence-electron chi connectivity index (χ3n) is 10.2. The molecule has 4 aromatic rings. The largest absolute Gasteiger partial charge is 0.480 e. The number of β-amino-alcohol motifs (C(OH)–C–C–N with tert-alkyl or cyclic N) is 1. The van der Waals surface area contributed by atoms with Crippen LogP contribution in [0.4, 0.5) is 14.6 Å². The first-order valence-electron chi connectivity index (χ1n) is 16.2. The number of methoxy groups -OCH3 is 1. The molecule has 1 saturated carbocycles. The van der Waals surface area contributed by atoms with Gasteiger partial charge in [0.1, 0.15) is 34.2 Å². The molecule has 5 atom stereocenters. The maximum absolute atomic E-state index is 17.1. The summed E-state index contributed by atoms with van der Waals surface area (Å²) in [6, 6.07) is 1.75. The standard InChI is InChI=1S/C33H40ClF2N7O5/c1-17-21(34)8-22-20(10-37-41-22)24(17)27-26(36)28-25(30(38-27)46-4)29(43-12-19(13-44)47-15-32(2,45)14-43)40-31(39-28)48-16-33-7-5-6-23(33)42(3)11-18(35)9-33/h8,10,18-19,23,44-45H,5-7,9,11-16H2,1-4H3,(H,37,41)/t18-,19+,23+,32-,33+/m0/s1. The summed E-state index contributed by atoms with van der Waals surface area (Å²) in [6.07, 6.45) is 2.95. The van der Waals surface area contributed by atoms with Crippen LogP contribution in [0.3, 0.4) is 0 Å². The summed E-state index contributed by atoms with van der Waals surface area (Å²) in [5, 5.41) is 29.4. The molecule has 0 spiro atoms. The number of alkyl halides is 1. The molecule has 3 N–H and O–H groups in total. The van der Waals surface area contributed by atoms with Crippen LogP contribution >= 0.6 is 11.6 Å². The molecule has 12 nitrogen and oxygen atoms in total. The number of fused-ring (bicyclic) bond motifs is 3. The van der Waals surface area contributed by atoms with Gasteiger partial charge in [-0.2, -0.15) is 15.1 Å². The van der Waals surface area contributed by atoms with E-state index in [0.717, 1.165) is 19.3 Å². The highest BCUT2D eigenvalue weighted by Crippen LogP contribution is 2.48. The fourth-order valence-corrected chi connectivity index (χ4v) is 8.20. The Morgan fingerprint density at radius 3 is 2.83 bits per heavy atom. The number of piperidine rings is 1. The molecule has 3 fully saturated rings. The molecule has 3 aromatic heterocycles. The van der Waals surface area contributed by atoms with Gasteiger partial charge in [-0.3, -0.25) is 10.00 Å². The summed E-state index contributed by atoms with van der Waals surface area (Å²) in [5.74, 6) is -0.537. The molecule has 2 saturated heterocycles. The fraction of sp³-hybridized carbons (Fsp3) is 0.576. The summed E-state index contributed by atoms with van der Waals surface area (Å²) in [7, 11) is 3.36. The van der Waals surface area contributed by atoms with Crippen LogP contribution in [-0.2, 0) is 4.74 Å². The third-order valence-corrected chi connectivity index (χ3v) is 10.6. The van der Waals surface area contributed by atoms with Crippen molar-refractivity contribution in [2.24, 2.45) is 5.41 Å². The molecule has 7 rings (SSSR count). The van der Waals surface area contributed by atoms with E-state index in [-0.39, 0.29) is 73.3 Å². The van der Waals surface area contributed by atoms with Gasteiger partial charge >= 0.3 is 6.01 Å². The molecule has 0 radical (unpaired) electrons. The topological polar surface area (TPSA) is 142 Å². The van der Waals surface area contributed by atoms with Gasteiger partial charge in [0.25, 0.3) is 0 Å². The summed E-state index contributed by atoms with van der Waals surface area (Å²) in [6.45, 7) is 3.70. The number of aromatic amines is 1. The van der Waals surface area contributed by atoms with Crippen molar-refractivity contribution in [1.29, 1.82) is 0 Å². The molecule has 3 aliphatic rings. The van der Waals surface area contributed by atoms with E-state index in [9.17, 15) is 14.6 Å². The van der Waals surface area contributed by atoms with Crippen molar-refractivity contribution in [3.05, 3.63) is 28.7 Å². The number of aliphatic hydroxyl groups excluding tert-OH is 1. The Hall–Kier alpha value is -3.43. The average molecular weight is 688 g/mol. The van der Waals surface area contributed by atoms with Gasteiger partial charge in [0, 0.05) is 40.5 Å². The van der Waals surface area contributed by atoms with E-state index < -0.39 is 29.1 Å².